The van der Waals surface area contributed by atoms with Gasteiger partial charge < -0.3 is 24.4 Å². The summed E-state index contributed by atoms with van der Waals surface area (Å²) in [6, 6.07) is 5.82. The van der Waals surface area contributed by atoms with Crippen molar-refractivity contribution in [2.75, 3.05) is 39.2 Å². The number of carbonyl (C=O) groups excluding carboxylic acids is 1. The van der Waals surface area contributed by atoms with Crippen LogP contribution in [0.1, 0.15) is 33.6 Å². The van der Waals surface area contributed by atoms with Gasteiger partial charge >= 0.3 is 6.09 Å². The number of likely N-dealkylation sites (tertiary alicyclic amines) is 1. The summed E-state index contributed by atoms with van der Waals surface area (Å²) < 4.78 is 16.0. The first-order valence-electron chi connectivity index (χ1n) is 8.76. The summed E-state index contributed by atoms with van der Waals surface area (Å²) in [5.74, 6) is 1.97. The van der Waals surface area contributed by atoms with Gasteiger partial charge in [0.1, 0.15) is 5.60 Å². The molecule has 1 aliphatic heterocycles. The van der Waals surface area contributed by atoms with E-state index in [9.17, 15) is 4.79 Å². The van der Waals surface area contributed by atoms with E-state index in [4.69, 9.17) is 14.2 Å². The van der Waals surface area contributed by atoms with E-state index in [-0.39, 0.29) is 6.09 Å². The number of nitrogens with one attached hydrogen (secondary N) is 1. The molecule has 2 rings (SSSR count). The van der Waals surface area contributed by atoms with Crippen molar-refractivity contribution in [3.05, 3.63) is 18.2 Å². The van der Waals surface area contributed by atoms with Crippen LogP contribution in [0.5, 0.6) is 11.5 Å². The third-order valence-electron chi connectivity index (χ3n) is 4.24. The lowest BCUT2D eigenvalue weighted by Gasteiger charge is -2.33. The summed E-state index contributed by atoms with van der Waals surface area (Å²) >= 11 is 0. The summed E-state index contributed by atoms with van der Waals surface area (Å²) in [6.45, 7) is 8.04. The van der Waals surface area contributed by atoms with Crippen LogP contribution in [0.4, 0.5) is 10.5 Å². The van der Waals surface area contributed by atoms with Crippen LogP contribution in [0.25, 0.3) is 0 Å². The average molecular weight is 350 g/mol. The van der Waals surface area contributed by atoms with Gasteiger partial charge in [-0.05, 0) is 51.7 Å². The van der Waals surface area contributed by atoms with Crippen LogP contribution in [-0.4, -0.2) is 50.4 Å². The summed E-state index contributed by atoms with van der Waals surface area (Å²) in [5.41, 5.74) is 0.565. The Kier molecular flexibility index (Phi) is 6.39. The predicted octanol–water partition coefficient (Wildman–Crippen LogP) is 3.76. The van der Waals surface area contributed by atoms with Crippen LogP contribution in [0.2, 0.25) is 0 Å². The second kappa shape index (κ2) is 8.32. The number of anilines is 1. The van der Waals surface area contributed by atoms with Crippen molar-refractivity contribution in [2.45, 2.75) is 39.2 Å². The molecule has 1 fully saturated rings. The Balaban J connectivity index is 1.80. The first-order valence-corrected chi connectivity index (χ1v) is 8.76. The van der Waals surface area contributed by atoms with E-state index in [1.807, 2.05) is 39.0 Å². The summed E-state index contributed by atoms with van der Waals surface area (Å²) in [7, 11) is 3.26. The van der Waals surface area contributed by atoms with E-state index in [1.165, 1.54) is 0 Å². The number of benzene rings is 1. The zero-order valence-corrected chi connectivity index (χ0v) is 15.9. The number of nitrogens with zero attached hydrogens (tertiary/aromatic N) is 1. The molecule has 0 unspecified atom stereocenters. The van der Waals surface area contributed by atoms with Crippen molar-refractivity contribution < 1.29 is 19.0 Å². The van der Waals surface area contributed by atoms with Crippen molar-refractivity contribution in [1.29, 1.82) is 0 Å². The lowest BCUT2D eigenvalue weighted by molar-refractivity contribution is 0.0188. The Morgan fingerprint density at radius 2 is 1.80 bits per heavy atom. The standard InChI is InChI=1S/C19H30N2O4/c1-19(2,3)25-18(22)21-10-8-14(9-11-21)13-20-15-6-7-16(23-4)17(12-15)24-5/h6-7,12,14,20H,8-11,13H2,1-5H3. The molecule has 0 aromatic heterocycles. The number of amides is 1. The first kappa shape index (κ1) is 19.2. The van der Waals surface area contributed by atoms with E-state index in [0.717, 1.165) is 43.9 Å². The third kappa shape index (κ3) is 5.73. The minimum atomic E-state index is -0.442. The molecule has 0 saturated carbocycles. The van der Waals surface area contributed by atoms with Crippen LogP contribution >= 0.6 is 0 Å². The quantitative estimate of drug-likeness (QED) is 0.876. The molecular formula is C19H30N2O4. The van der Waals surface area contributed by atoms with Gasteiger partial charge in [0.2, 0.25) is 0 Å². The topological polar surface area (TPSA) is 60.0 Å². The van der Waals surface area contributed by atoms with Crippen molar-refractivity contribution in [3.8, 4) is 11.5 Å². The van der Waals surface area contributed by atoms with E-state index < -0.39 is 5.60 Å². The SMILES string of the molecule is COc1ccc(NCC2CCN(C(=O)OC(C)(C)C)CC2)cc1OC. The third-order valence-corrected chi connectivity index (χ3v) is 4.24. The number of rotatable bonds is 5. The molecule has 25 heavy (non-hydrogen) atoms. The molecule has 1 aromatic carbocycles. The molecule has 6 nitrogen and oxygen atoms in total. The lowest BCUT2D eigenvalue weighted by Crippen LogP contribution is -2.42. The number of piperidine rings is 1. The maximum absolute atomic E-state index is 12.1. The minimum absolute atomic E-state index is 0.209. The van der Waals surface area contributed by atoms with Gasteiger partial charge in [0, 0.05) is 31.4 Å². The predicted molar refractivity (Wildman–Crippen MR) is 98.6 cm³/mol. The van der Waals surface area contributed by atoms with E-state index >= 15 is 0 Å². The second-order valence-electron chi connectivity index (χ2n) is 7.36. The zero-order valence-electron chi connectivity index (χ0n) is 15.9. The fourth-order valence-electron chi connectivity index (χ4n) is 2.85. The molecular weight excluding hydrogens is 320 g/mol. The number of ether oxygens (including phenoxy) is 3. The van der Waals surface area contributed by atoms with Gasteiger partial charge in [-0.25, -0.2) is 4.79 Å². The lowest BCUT2D eigenvalue weighted by atomic mass is 9.97. The number of hydrogen-bond donors (Lipinski definition) is 1. The number of carbonyl (C=O) groups is 1. The highest BCUT2D eigenvalue weighted by molar-refractivity contribution is 5.68. The molecule has 0 bridgehead atoms. The molecule has 1 heterocycles. The Hall–Kier alpha value is -2.11. The molecule has 1 saturated heterocycles. The first-order chi connectivity index (χ1) is 11.8. The van der Waals surface area contributed by atoms with Crippen LogP contribution < -0.4 is 14.8 Å². The van der Waals surface area contributed by atoms with Gasteiger partial charge in [0.25, 0.3) is 0 Å². The van der Waals surface area contributed by atoms with Gasteiger partial charge in [-0.1, -0.05) is 0 Å². The van der Waals surface area contributed by atoms with Crippen molar-refractivity contribution in [2.24, 2.45) is 5.92 Å². The molecule has 1 N–H and O–H groups in total. The molecule has 1 aliphatic rings. The van der Waals surface area contributed by atoms with Gasteiger partial charge in [0.15, 0.2) is 11.5 Å². The van der Waals surface area contributed by atoms with Crippen LogP contribution in [0, 0.1) is 5.92 Å². The van der Waals surface area contributed by atoms with E-state index in [2.05, 4.69) is 5.32 Å². The molecule has 0 spiro atoms. The van der Waals surface area contributed by atoms with Crippen molar-refractivity contribution >= 4 is 11.8 Å². The molecule has 1 amide bonds. The van der Waals surface area contributed by atoms with Crippen molar-refractivity contribution in [3.63, 3.8) is 0 Å². The van der Waals surface area contributed by atoms with Crippen molar-refractivity contribution in [1.82, 2.24) is 4.90 Å². The average Bonchev–Trinajstić information content (AvgIpc) is 2.58. The summed E-state index contributed by atoms with van der Waals surface area (Å²) in [6.07, 6.45) is 1.73. The zero-order chi connectivity index (χ0) is 18.4. The molecule has 1 aromatic rings. The maximum atomic E-state index is 12.1. The molecule has 0 atom stereocenters. The van der Waals surface area contributed by atoms with Gasteiger partial charge in [-0.2, -0.15) is 0 Å². The Morgan fingerprint density at radius 3 is 2.36 bits per heavy atom. The summed E-state index contributed by atoms with van der Waals surface area (Å²) in [4.78, 5) is 13.9. The maximum Gasteiger partial charge on any atom is 0.410 e. The van der Waals surface area contributed by atoms with Gasteiger partial charge in [0.05, 0.1) is 14.2 Å². The van der Waals surface area contributed by atoms with E-state index in [0.29, 0.717) is 11.7 Å². The Bertz CT molecular complexity index is 575. The Morgan fingerprint density at radius 1 is 1.16 bits per heavy atom. The molecule has 6 heteroatoms. The molecule has 140 valence electrons. The monoisotopic (exact) mass is 350 g/mol. The van der Waals surface area contributed by atoms with E-state index in [1.54, 1.807) is 19.1 Å². The highest BCUT2D eigenvalue weighted by Crippen LogP contribution is 2.30. The minimum Gasteiger partial charge on any atom is -0.493 e. The number of methoxy groups -OCH3 is 2. The van der Waals surface area contributed by atoms with Gasteiger partial charge in [-0.3, -0.25) is 0 Å². The Labute approximate surface area is 150 Å². The normalized spacial score (nSPS) is 15.6. The van der Waals surface area contributed by atoms with Crippen LogP contribution in [0.15, 0.2) is 18.2 Å². The summed E-state index contributed by atoms with van der Waals surface area (Å²) in [5, 5.41) is 3.45. The highest BCUT2D eigenvalue weighted by atomic mass is 16.6. The largest absolute Gasteiger partial charge is 0.493 e. The highest BCUT2D eigenvalue weighted by Gasteiger charge is 2.26. The number of hydrogen-bond acceptors (Lipinski definition) is 5. The molecule has 0 aliphatic carbocycles. The van der Waals surface area contributed by atoms with Crippen LogP contribution in [-0.2, 0) is 4.74 Å². The second-order valence-corrected chi connectivity index (χ2v) is 7.36. The fraction of sp³-hybridized carbons (Fsp3) is 0.632. The van der Waals surface area contributed by atoms with Crippen LogP contribution in [0.3, 0.4) is 0 Å². The fourth-order valence-corrected chi connectivity index (χ4v) is 2.85. The smallest absolute Gasteiger partial charge is 0.410 e. The molecule has 0 radical (unpaired) electrons. The van der Waals surface area contributed by atoms with Gasteiger partial charge in [-0.15, -0.1) is 0 Å².